The van der Waals surface area contributed by atoms with Crippen LogP contribution in [0.15, 0.2) is 18.3 Å². The van der Waals surface area contributed by atoms with Crippen molar-refractivity contribution in [3.05, 3.63) is 29.7 Å². The van der Waals surface area contributed by atoms with E-state index in [4.69, 9.17) is 10.5 Å². The highest BCUT2D eigenvalue weighted by molar-refractivity contribution is 5.39. The van der Waals surface area contributed by atoms with Gasteiger partial charge in [-0.3, -0.25) is 0 Å². The Morgan fingerprint density at radius 2 is 2.18 bits per heavy atom. The maximum absolute atomic E-state index is 5.61. The van der Waals surface area contributed by atoms with Gasteiger partial charge in [0.2, 0.25) is 0 Å². The number of ether oxygens (including phenoxy) is 1. The van der Waals surface area contributed by atoms with Gasteiger partial charge in [-0.25, -0.2) is 9.50 Å². The molecule has 1 aliphatic rings. The largest absolute Gasteiger partial charge is 0.381 e. The molecule has 3 heterocycles. The number of fused-ring (bicyclic) bond motifs is 1. The molecule has 0 spiro atoms. The number of hydrogen-bond acceptors (Lipinski definition) is 4. The van der Waals surface area contributed by atoms with E-state index in [1.807, 2.05) is 22.8 Å². The van der Waals surface area contributed by atoms with Crippen LogP contribution in [0.1, 0.15) is 30.1 Å². The second-order valence-corrected chi connectivity index (χ2v) is 4.40. The molecule has 1 fully saturated rings. The summed E-state index contributed by atoms with van der Waals surface area (Å²) in [4.78, 5) is 4.57. The SMILES string of the molecule is NCc1ccc2nc(C3CCOCC3)nn2c1. The Bertz CT molecular complexity index is 516. The van der Waals surface area contributed by atoms with E-state index in [1.54, 1.807) is 0 Å². The third kappa shape index (κ3) is 2.03. The molecule has 0 atom stereocenters. The molecule has 17 heavy (non-hydrogen) atoms. The Balaban J connectivity index is 1.95. The van der Waals surface area contributed by atoms with Crippen molar-refractivity contribution in [2.24, 2.45) is 5.73 Å². The van der Waals surface area contributed by atoms with E-state index in [0.717, 1.165) is 43.1 Å². The lowest BCUT2D eigenvalue weighted by Crippen LogP contribution is -2.15. The highest BCUT2D eigenvalue weighted by atomic mass is 16.5. The van der Waals surface area contributed by atoms with Crippen molar-refractivity contribution in [1.82, 2.24) is 14.6 Å². The van der Waals surface area contributed by atoms with Crippen LogP contribution in [0.25, 0.3) is 5.65 Å². The molecule has 1 aliphatic heterocycles. The van der Waals surface area contributed by atoms with Crippen molar-refractivity contribution in [3.63, 3.8) is 0 Å². The summed E-state index contributed by atoms with van der Waals surface area (Å²) in [5, 5.41) is 4.54. The van der Waals surface area contributed by atoms with E-state index in [9.17, 15) is 0 Å². The highest BCUT2D eigenvalue weighted by Crippen LogP contribution is 2.24. The summed E-state index contributed by atoms with van der Waals surface area (Å²) in [5.74, 6) is 1.37. The summed E-state index contributed by atoms with van der Waals surface area (Å²) in [5.41, 5.74) is 7.58. The molecular weight excluding hydrogens is 216 g/mol. The highest BCUT2D eigenvalue weighted by Gasteiger charge is 2.20. The van der Waals surface area contributed by atoms with Gasteiger partial charge in [0.15, 0.2) is 11.5 Å². The van der Waals surface area contributed by atoms with Crippen molar-refractivity contribution in [2.75, 3.05) is 13.2 Å². The van der Waals surface area contributed by atoms with Gasteiger partial charge in [-0.15, -0.1) is 0 Å². The monoisotopic (exact) mass is 232 g/mol. The van der Waals surface area contributed by atoms with E-state index < -0.39 is 0 Å². The molecule has 2 aromatic rings. The zero-order valence-corrected chi connectivity index (χ0v) is 9.67. The normalized spacial score (nSPS) is 17.7. The van der Waals surface area contributed by atoms with Crippen LogP contribution in [0, 0.1) is 0 Å². The fourth-order valence-electron chi connectivity index (χ4n) is 2.19. The maximum Gasteiger partial charge on any atom is 0.155 e. The summed E-state index contributed by atoms with van der Waals surface area (Å²) in [6, 6.07) is 3.97. The minimum absolute atomic E-state index is 0.435. The number of nitrogens with zero attached hydrogens (tertiary/aromatic N) is 3. The van der Waals surface area contributed by atoms with Gasteiger partial charge in [0.05, 0.1) is 0 Å². The van der Waals surface area contributed by atoms with Gasteiger partial charge < -0.3 is 10.5 Å². The van der Waals surface area contributed by atoms with Crippen molar-refractivity contribution in [3.8, 4) is 0 Å². The van der Waals surface area contributed by atoms with Crippen LogP contribution in [-0.4, -0.2) is 27.8 Å². The first-order valence-electron chi connectivity index (χ1n) is 6.00. The molecule has 3 rings (SSSR count). The molecule has 5 nitrogen and oxygen atoms in total. The summed E-state index contributed by atoms with van der Waals surface area (Å²) >= 11 is 0. The summed E-state index contributed by atoms with van der Waals surface area (Å²) in [7, 11) is 0. The Hall–Kier alpha value is -1.46. The zero-order valence-electron chi connectivity index (χ0n) is 9.67. The minimum atomic E-state index is 0.435. The van der Waals surface area contributed by atoms with Gasteiger partial charge in [-0.05, 0) is 24.5 Å². The smallest absolute Gasteiger partial charge is 0.155 e. The molecule has 1 saturated heterocycles. The molecule has 0 aromatic carbocycles. The van der Waals surface area contributed by atoms with Crippen LogP contribution in [0.2, 0.25) is 0 Å². The van der Waals surface area contributed by atoms with E-state index in [2.05, 4.69) is 10.1 Å². The van der Waals surface area contributed by atoms with Crippen molar-refractivity contribution >= 4 is 5.65 Å². The molecule has 0 unspecified atom stereocenters. The molecule has 2 N–H and O–H groups in total. The molecule has 0 bridgehead atoms. The average Bonchev–Trinajstić information content (AvgIpc) is 2.82. The van der Waals surface area contributed by atoms with E-state index >= 15 is 0 Å². The number of rotatable bonds is 2. The second kappa shape index (κ2) is 4.43. The molecule has 0 amide bonds. The average molecular weight is 232 g/mol. The molecule has 0 radical (unpaired) electrons. The van der Waals surface area contributed by atoms with Crippen LogP contribution in [0.4, 0.5) is 0 Å². The number of pyridine rings is 1. The van der Waals surface area contributed by atoms with Gasteiger partial charge in [-0.2, -0.15) is 5.10 Å². The zero-order chi connectivity index (χ0) is 11.7. The minimum Gasteiger partial charge on any atom is -0.381 e. The third-order valence-corrected chi connectivity index (χ3v) is 3.23. The fourth-order valence-corrected chi connectivity index (χ4v) is 2.19. The Kier molecular flexibility index (Phi) is 2.78. The Morgan fingerprint density at radius 1 is 1.35 bits per heavy atom. The summed E-state index contributed by atoms with van der Waals surface area (Å²) in [6.07, 6.45) is 3.98. The lowest BCUT2D eigenvalue weighted by Gasteiger charge is -2.18. The Morgan fingerprint density at radius 3 is 2.94 bits per heavy atom. The second-order valence-electron chi connectivity index (χ2n) is 4.40. The van der Waals surface area contributed by atoms with E-state index in [1.165, 1.54) is 0 Å². The van der Waals surface area contributed by atoms with Gasteiger partial charge in [0.25, 0.3) is 0 Å². The standard InChI is InChI=1S/C12H16N4O/c13-7-9-1-2-11-14-12(15-16(11)8-9)10-3-5-17-6-4-10/h1-2,8,10H,3-7,13H2. The predicted molar refractivity (Wildman–Crippen MR) is 63.7 cm³/mol. The first-order valence-corrected chi connectivity index (χ1v) is 6.00. The molecular formula is C12H16N4O. The van der Waals surface area contributed by atoms with E-state index in [-0.39, 0.29) is 0 Å². The van der Waals surface area contributed by atoms with Crippen molar-refractivity contribution < 1.29 is 4.74 Å². The van der Waals surface area contributed by atoms with Crippen LogP contribution < -0.4 is 5.73 Å². The van der Waals surface area contributed by atoms with Crippen molar-refractivity contribution in [1.29, 1.82) is 0 Å². The molecule has 90 valence electrons. The quantitative estimate of drug-likeness (QED) is 0.841. The van der Waals surface area contributed by atoms with Crippen LogP contribution >= 0.6 is 0 Å². The number of aromatic nitrogens is 3. The first-order chi connectivity index (χ1) is 8.36. The molecule has 0 aliphatic carbocycles. The van der Waals surface area contributed by atoms with Crippen LogP contribution in [0.5, 0.6) is 0 Å². The maximum atomic E-state index is 5.61. The van der Waals surface area contributed by atoms with Gasteiger partial charge in [-0.1, -0.05) is 6.07 Å². The first kappa shape index (κ1) is 10.7. The van der Waals surface area contributed by atoms with Crippen LogP contribution in [-0.2, 0) is 11.3 Å². The van der Waals surface area contributed by atoms with Crippen LogP contribution in [0.3, 0.4) is 0 Å². The number of nitrogens with two attached hydrogens (primary N) is 1. The Labute approximate surface area is 99.6 Å². The summed E-state index contributed by atoms with van der Waals surface area (Å²) in [6.45, 7) is 2.16. The fraction of sp³-hybridized carbons (Fsp3) is 0.500. The number of hydrogen-bond donors (Lipinski definition) is 1. The molecule has 5 heteroatoms. The topological polar surface area (TPSA) is 65.4 Å². The third-order valence-electron chi connectivity index (χ3n) is 3.23. The summed E-state index contributed by atoms with van der Waals surface area (Å²) < 4.78 is 7.18. The van der Waals surface area contributed by atoms with Crippen molar-refractivity contribution in [2.45, 2.75) is 25.3 Å². The van der Waals surface area contributed by atoms with Gasteiger partial charge >= 0.3 is 0 Å². The van der Waals surface area contributed by atoms with Gasteiger partial charge in [0.1, 0.15) is 0 Å². The van der Waals surface area contributed by atoms with E-state index in [0.29, 0.717) is 12.5 Å². The predicted octanol–water partition coefficient (Wildman–Crippen LogP) is 1.08. The lowest BCUT2D eigenvalue weighted by molar-refractivity contribution is 0.0836. The molecule has 0 saturated carbocycles. The van der Waals surface area contributed by atoms with Gasteiger partial charge in [0, 0.05) is 31.9 Å². The molecule has 2 aromatic heterocycles. The lowest BCUT2D eigenvalue weighted by atomic mass is 10.00.